The number of likely N-dealkylation sites (N-methyl/N-ethyl adjacent to an activating group) is 1. The molecule has 2 aliphatic heterocycles. The van der Waals surface area contributed by atoms with E-state index in [2.05, 4.69) is 32.4 Å². The third kappa shape index (κ3) is 4.46. The number of ether oxygens (including phenoxy) is 1. The summed E-state index contributed by atoms with van der Waals surface area (Å²) in [5, 5.41) is 6.70. The summed E-state index contributed by atoms with van der Waals surface area (Å²) < 4.78 is 5.67. The molecule has 2 aliphatic rings. The lowest BCUT2D eigenvalue weighted by molar-refractivity contribution is -0.127. The Bertz CT molecular complexity index is 1210. The molecule has 0 atom stereocenters. The monoisotopic (exact) mass is 459 g/mol. The molecule has 34 heavy (non-hydrogen) atoms. The summed E-state index contributed by atoms with van der Waals surface area (Å²) in [6.07, 6.45) is 5.08. The van der Waals surface area contributed by atoms with Crippen molar-refractivity contribution < 1.29 is 9.53 Å². The summed E-state index contributed by atoms with van der Waals surface area (Å²) >= 11 is 0. The van der Waals surface area contributed by atoms with Crippen LogP contribution in [0.5, 0.6) is 5.88 Å². The summed E-state index contributed by atoms with van der Waals surface area (Å²) in [4.78, 5) is 29.7. The number of carbonyl (C=O) groups is 1. The summed E-state index contributed by atoms with van der Waals surface area (Å²) in [6.45, 7) is 5.12. The first kappa shape index (κ1) is 21.9. The Morgan fingerprint density at radius 2 is 2.03 bits per heavy atom. The number of anilines is 4. The van der Waals surface area contributed by atoms with Crippen LogP contribution in [0.3, 0.4) is 0 Å². The first-order valence-electron chi connectivity index (χ1n) is 11.5. The van der Waals surface area contributed by atoms with Gasteiger partial charge in [0.1, 0.15) is 12.3 Å². The van der Waals surface area contributed by atoms with Crippen molar-refractivity contribution in [1.82, 2.24) is 19.9 Å². The third-order valence-corrected chi connectivity index (χ3v) is 6.27. The number of aromatic nitrogens is 3. The second kappa shape index (κ2) is 9.17. The molecule has 0 saturated carbocycles. The van der Waals surface area contributed by atoms with E-state index in [4.69, 9.17) is 9.72 Å². The third-order valence-electron chi connectivity index (χ3n) is 6.27. The van der Waals surface area contributed by atoms with Crippen molar-refractivity contribution in [2.24, 2.45) is 0 Å². The number of nitrogens with zero attached hydrogens (tertiary/aromatic N) is 5. The van der Waals surface area contributed by atoms with Crippen molar-refractivity contribution in [2.75, 3.05) is 49.3 Å². The van der Waals surface area contributed by atoms with Crippen molar-refractivity contribution in [3.8, 4) is 5.88 Å². The van der Waals surface area contributed by atoms with E-state index in [0.29, 0.717) is 31.4 Å². The summed E-state index contributed by atoms with van der Waals surface area (Å²) in [5.74, 6) is 1.32. The molecule has 1 aromatic carbocycles. The van der Waals surface area contributed by atoms with Gasteiger partial charge in [-0.25, -0.2) is 15.0 Å². The largest absolute Gasteiger partial charge is 0.474 e. The Hall–Kier alpha value is -3.88. The van der Waals surface area contributed by atoms with E-state index < -0.39 is 0 Å². The number of nitrogens with one attached hydrogen (secondary N) is 2. The Balaban J connectivity index is 1.30. The van der Waals surface area contributed by atoms with Crippen molar-refractivity contribution >= 4 is 28.9 Å². The van der Waals surface area contributed by atoms with Crippen molar-refractivity contribution in [2.45, 2.75) is 26.3 Å². The van der Waals surface area contributed by atoms with Crippen LogP contribution in [-0.4, -0.2) is 59.6 Å². The minimum absolute atomic E-state index is 0.0796. The van der Waals surface area contributed by atoms with Crippen LogP contribution in [0.25, 0.3) is 0 Å². The summed E-state index contributed by atoms with van der Waals surface area (Å²) in [7, 11) is 3.53. The van der Waals surface area contributed by atoms with Gasteiger partial charge in [0.2, 0.25) is 17.7 Å². The van der Waals surface area contributed by atoms with Gasteiger partial charge in [0, 0.05) is 44.6 Å². The van der Waals surface area contributed by atoms with Gasteiger partial charge >= 0.3 is 0 Å². The van der Waals surface area contributed by atoms with E-state index in [1.165, 1.54) is 5.56 Å². The van der Waals surface area contributed by atoms with Gasteiger partial charge in [-0.2, -0.15) is 0 Å². The quantitative estimate of drug-likeness (QED) is 0.601. The number of rotatable bonds is 5. The number of hydrogen-bond acceptors (Lipinski definition) is 8. The lowest BCUT2D eigenvalue weighted by atomic mass is 10.0. The molecule has 2 N–H and O–H groups in total. The Morgan fingerprint density at radius 1 is 1.21 bits per heavy atom. The van der Waals surface area contributed by atoms with Gasteiger partial charge in [-0.15, -0.1) is 0 Å². The van der Waals surface area contributed by atoms with E-state index in [-0.39, 0.29) is 5.91 Å². The molecule has 5 rings (SSSR count). The van der Waals surface area contributed by atoms with Crippen LogP contribution in [0.2, 0.25) is 0 Å². The van der Waals surface area contributed by atoms with Crippen molar-refractivity contribution in [1.29, 1.82) is 0 Å². The summed E-state index contributed by atoms with van der Waals surface area (Å²) in [6, 6.07) is 7.80. The van der Waals surface area contributed by atoms with Crippen LogP contribution in [0.1, 0.15) is 22.4 Å². The molecule has 0 saturated heterocycles. The van der Waals surface area contributed by atoms with Crippen LogP contribution >= 0.6 is 0 Å². The highest BCUT2D eigenvalue weighted by molar-refractivity contribution is 5.78. The van der Waals surface area contributed by atoms with Gasteiger partial charge in [-0.1, -0.05) is 12.1 Å². The lowest BCUT2D eigenvalue weighted by Crippen LogP contribution is -2.32. The fraction of sp³-hybridized carbons (Fsp3) is 0.360. The van der Waals surface area contributed by atoms with E-state index >= 15 is 0 Å². The van der Waals surface area contributed by atoms with Crippen LogP contribution in [0.4, 0.5) is 23.0 Å². The molecule has 0 radical (unpaired) electrons. The second-order valence-corrected chi connectivity index (χ2v) is 8.85. The average molecular weight is 460 g/mol. The molecular weight excluding hydrogens is 430 g/mol. The van der Waals surface area contributed by atoms with Gasteiger partial charge < -0.3 is 25.2 Å². The maximum Gasteiger partial charge on any atom is 0.237 e. The Labute approximate surface area is 199 Å². The van der Waals surface area contributed by atoms with Gasteiger partial charge in [0.05, 0.1) is 30.5 Å². The number of carbonyl (C=O) groups excluding carboxylic acids is 1. The predicted octanol–water partition coefficient (Wildman–Crippen LogP) is 2.92. The number of amides is 1. The zero-order valence-electron chi connectivity index (χ0n) is 19.8. The summed E-state index contributed by atoms with van der Waals surface area (Å²) in [5.41, 5.74) is 7.26. The van der Waals surface area contributed by atoms with Gasteiger partial charge in [0.15, 0.2) is 0 Å². The zero-order valence-corrected chi connectivity index (χ0v) is 19.8. The first-order chi connectivity index (χ1) is 16.5. The second-order valence-electron chi connectivity index (χ2n) is 8.85. The molecule has 2 aromatic heterocycles. The van der Waals surface area contributed by atoms with E-state index in [9.17, 15) is 4.79 Å². The minimum Gasteiger partial charge on any atom is -0.474 e. The average Bonchev–Trinajstić information content (AvgIpc) is 2.85. The fourth-order valence-electron chi connectivity index (χ4n) is 4.27. The topological polar surface area (TPSA) is 95.5 Å². The highest BCUT2D eigenvalue weighted by Gasteiger charge is 2.24. The van der Waals surface area contributed by atoms with E-state index in [1.807, 2.05) is 36.7 Å². The molecule has 0 unspecified atom stereocenters. The fourth-order valence-corrected chi connectivity index (χ4v) is 4.27. The lowest BCUT2D eigenvalue weighted by Gasteiger charge is -2.32. The molecule has 4 heterocycles. The predicted molar refractivity (Wildman–Crippen MR) is 132 cm³/mol. The van der Waals surface area contributed by atoms with Crippen molar-refractivity contribution in [3.05, 3.63) is 59.0 Å². The number of pyridine rings is 1. The zero-order chi connectivity index (χ0) is 23.7. The Morgan fingerprint density at radius 3 is 2.82 bits per heavy atom. The van der Waals surface area contributed by atoms with E-state index in [1.54, 1.807) is 19.0 Å². The maximum atomic E-state index is 11.9. The SMILES string of the molecule is Cc1c(N2CCc3cnc(Nc4ccc(CC(=O)N(C)C)cc4)nc3C2)cnc2c1NCCO2. The molecule has 0 spiro atoms. The highest BCUT2D eigenvalue weighted by Crippen LogP contribution is 2.36. The van der Waals surface area contributed by atoms with Crippen LogP contribution < -0.4 is 20.3 Å². The molecule has 176 valence electrons. The molecule has 0 bridgehead atoms. The number of hydrogen-bond donors (Lipinski definition) is 2. The molecule has 0 aliphatic carbocycles. The van der Waals surface area contributed by atoms with E-state index in [0.717, 1.165) is 53.4 Å². The standard InChI is InChI=1S/C25H29N7O2/c1-16-21(14-27-24-23(16)26-9-11-34-24)32-10-8-18-13-28-25(30-20(18)15-32)29-19-6-4-17(5-7-19)12-22(33)31(2)3/h4-7,13-14,26H,8-12,15H2,1-3H3,(H,28,29,30). The highest BCUT2D eigenvalue weighted by atomic mass is 16.5. The number of benzene rings is 1. The smallest absolute Gasteiger partial charge is 0.237 e. The maximum absolute atomic E-state index is 11.9. The number of fused-ring (bicyclic) bond motifs is 2. The molecule has 1 amide bonds. The molecule has 9 heteroatoms. The van der Waals surface area contributed by atoms with Crippen LogP contribution in [0, 0.1) is 6.92 Å². The van der Waals surface area contributed by atoms with Crippen molar-refractivity contribution in [3.63, 3.8) is 0 Å². The van der Waals surface area contributed by atoms with Gasteiger partial charge in [0.25, 0.3) is 0 Å². The van der Waals surface area contributed by atoms with Crippen LogP contribution in [-0.2, 0) is 24.2 Å². The molecule has 9 nitrogen and oxygen atoms in total. The normalized spacial score (nSPS) is 14.4. The minimum atomic E-state index is 0.0796. The van der Waals surface area contributed by atoms with Gasteiger partial charge in [-0.3, -0.25) is 4.79 Å². The van der Waals surface area contributed by atoms with Gasteiger partial charge in [-0.05, 0) is 36.6 Å². The van der Waals surface area contributed by atoms with Crippen LogP contribution in [0.15, 0.2) is 36.7 Å². The first-order valence-corrected chi connectivity index (χ1v) is 11.5. The molecule has 3 aromatic rings. The molecule has 0 fully saturated rings. The molecular formula is C25H29N7O2. The Kier molecular flexibility index (Phi) is 5.91.